The van der Waals surface area contributed by atoms with Gasteiger partial charge in [-0.2, -0.15) is 5.10 Å². The molecule has 0 radical (unpaired) electrons. The molecule has 1 N–H and O–H groups in total. The van der Waals surface area contributed by atoms with E-state index in [1.54, 1.807) is 36.7 Å². The van der Waals surface area contributed by atoms with Crippen molar-refractivity contribution in [3.63, 3.8) is 0 Å². The van der Waals surface area contributed by atoms with Gasteiger partial charge in [-0.15, -0.1) is 10.2 Å². The van der Waals surface area contributed by atoms with E-state index in [1.807, 2.05) is 41.0 Å². The van der Waals surface area contributed by atoms with E-state index in [-0.39, 0.29) is 17.3 Å². The van der Waals surface area contributed by atoms with Crippen LogP contribution in [-0.2, 0) is 4.79 Å². The van der Waals surface area contributed by atoms with Crippen LogP contribution in [-0.4, -0.2) is 42.5 Å². The van der Waals surface area contributed by atoms with Crippen molar-refractivity contribution in [2.45, 2.75) is 5.16 Å². The number of hydrogen-bond donors (Lipinski definition) is 1. The van der Waals surface area contributed by atoms with Crippen molar-refractivity contribution in [2.24, 2.45) is 5.10 Å². The average molecular weight is 564 g/mol. The Morgan fingerprint density at radius 3 is 2.61 bits per heavy atom. The zero-order valence-corrected chi connectivity index (χ0v) is 21.0. The summed E-state index contributed by atoms with van der Waals surface area (Å²) in [4.78, 5) is 27.0. The van der Waals surface area contributed by atoms with Crippen LogP contribution < -0.4 is 5.43 Å². The van der Waals surface area contributed by atoms with Crippen molar-refractivity contribution >= 4 is 51.6 Å². The van der Waals surface area contributed by atoms with Crippen LogP contribution in [0.4, 0.5) is 5.69 Å². The normalized spacial score (nSPS) is 11.2. The number of nitrogens with zero attached hydrogens (tertiary/aromatic N) is 6. The number of aromatic nitrogens is 4. The predicted molar refractivity (Wildman–Crippen MR) is 142 cm³/mol. The van der Waals surface area contributed by atoms with Gasteiger partial charge < -0.3 is 0 Å². The number of carbonyl (C=O) groups is 1. The number of rotatable bonds is 9. The molecule has 4 rings (SSSR count). The van der Waals surface area contributed by atoms with Gasteiger partial charge in [0.15, 0.2) is 11.0 Å². The Hall–Kier alpha value is -4.16. The minimum Gasteiger partial charge on any atom is -0.272 e. The van der Waals surface area contributed by atoms with E-state index < -0.39 is 4.92 Å². The number of nitro benzene ring substituents is 1. The van der Waals surface area contributed by atoms with Crippen LogP contribution in [0.5, 0.6) is 0 Å². The van der Waals surface area contributed by atoms with E-state index >= 15 is 0 Å². The smallest absolute Gasteiger partial charge is 0.272 e. The summed E-state index contributed by atoms with van der Waals surface area (Å²) in [5.41, 5.74) is 4.55. The van der Waals surface area contributed by atoms with Crippen molar-refractivity contribution in [3.05, 3.63) is 99.3 Å². The first-order valence-electron chi connectivity index (χ1n) is 10.5. The molecule has 4 aromatic rings. The highest BCUT2D eigenvalue weighted by molar-refractivity contribution is 9.10. The molecule has 0 aliphatic rings. The summed E-state index contributed by atoms with van der Waals surface area (Å²) in [6.45, 7) is 0. The molecule has 0 unspecified atom stereocenters. The number of pyridine rings is 1. The molecule has 180 valence electrons. The number of halogens is 1. The Kier molecular flexibility index (Phi) is 8.32. The Bertz CT molecular complexity index is 1420. The second-order valence-corrected chi connectivity index (χ2v) is 8.99. The van der Waals surface area contributed by atoms with Crippen LogP contribution in [0.1, 0.15) is 5.56 Å². The van der Waals surface area contributed by atoms with Crippen molar-refractivity contribution in [3.8, 4) is 17.1 Å². The third-order valence-corrected chi connectivity index (χ3v) is 6.21. The molecule has 12 heteroatoms. The summed E-state index contributed by atoms with van der Waals surface area (Å²) in [5, 5.41) is 24.1. The topological polar surface area (TPSA) is 128 Å². The molecule has 10 nitrogen and oxygen atoms in total. The van der Waals surface area contributed by atoms with Gasteiger partial charge in [-0.05, 0) is 54.6 Å². The fourth-order valence-corrected chi connectivity index (χ4v) is 4.14. The lowest BCUT2D eigenvalue weighted by Crippen LogP contribution is -2.19. The number of carbonyl (C=O) groups excluding carboxylic acids is 1. The van der Waals surface area contributed by atoms with E-state index in [0.717, 1.165) is 15.7 Å². The minimum absolute atomic E-state index is 0.0106. The minimum atomic E-state index is -0.455. The summed E-state index contributed by atoms with van der Waals surface area (Å²) in [5.74, 6) is 0.336. The number of thioether (sulfide) groups is 1. The number of amides is 1. The zero-order valence-electron chi connectivity index (χ0n) is 18.6. The van der Waals surface area contributed by atoms with Gasteiger partial charge in [-0.25, -0.2) is 5.43 Å². The summed E-state index contributed by atoms with van der Waals surface area (Å²) >= 11 is 4.66. The maximum absolute atomic E-state index is 12.3. The molecule has 0 fully saturated rings. The van der Waals surface area contributed by atoms with Gasteiger partial charge in [0.2, 0.25) is 0 Å². The standard InChI is InChI=1S/C24H18BrN7O3S/c25-19-7-9-20(10-8-19)31-23(18-11-14-26-15-12-18)29-30-24(31)36-16-22(33)28-27-13-3-5-17-4-1-2-6-21(17)32(34)35/h1-15H,16H2,(H,28,33)/b5-3+,27-13+. The van der Waals surface area contributed by atoms with Crippen LogP contribution in [0.3, 0.4) is 0 Å². The van der Waals surface area contributed by atoms with Crippen LogP contribution in [0.2, 0.25) is 0 Å². The maximum Gasteiger partial charge on any atom is 0.276 e. The molecule has 36 heavy (non-hydrogen) atoms. The molecule has 0 saturated heterocycles. The second-order valence-electron chi connectivity index (χ2n) is 7.13. The van der Waals surface area contributed by atoms with E-state index in [9.17, 15) is 14.9 Å². The van der Waals surface area contributed by atoms with Gasteiger partial charge in [0, 0.05) is 40.4 Å². The number of benzene rings is 2. The summed E-state index contributed by atoms with van der Waals surface area (Å²) < 4.78 is 2.81. The van der Waals surface area contributed by atoms with Crippen molar-refractivity contribution in [1.82, 2.24) is 25.2 Å². The highest BCUT2D eigenvalue weighted by atomic mass is 79.9. The third-order valence-electron chi connectivity index (χ3n) is 4.75. The highest BCUT2D eigenvalue weighted by Crippen LogP contribution is 2.28. The molecule has 0 spiro atoms. The number of hydrogen-bond acceptors (Lipinski definition) is 8. The first-order chi connectivity index (χ1) is 17.5. The maximum atomic E-state index is 12.3. The molecular weight excluding hydrogens is 546 g/mol. The van der Waals surface area contributed by atoms with Crippen molar-refractivity contribution in [1.29, 1.82) is 0 Å². The molecule has 0 saturated carbocycles. The van der Waals surface area contributed by atoms with Gasteiger partial charge in [-0.3, -0.25) is 24.5 Å². The number of nitro groups is 1. The second kappa shape index (κ2) is 12.0. The van der Waals surface area contributed by atoms with E-state index in [1.165, 1.54) is 30.1 Å². The number of para-hydroxylation sites is 1. The zero-order chi connectivity index (χ0) is 25.3. The van der Waals surface area contributed by atoms with Crippen LogP contribution >= 0.6 is 27.7 Å². The molecule has 0 atom stereocenters. The Morgan fingerprint density at radius 2 is 1.86 bits per heavy atom. The largest absolute Gasteiger partial charge is 0.276 e. The fourth-order valence-electron chi connectivity index (χ4n) is 3.13. The Balaban J connectivity index is 1.42. The van der Waals surface area contributed by atoms with Gasteiger partial charge in [0.05, 0.1) is 16.2 Å². The van der Waals surface area contributed by atoms with Gasteiger partial charge >= 0.3 is 0 Å². The molecule has 0 aliphatic heterocycles. The van der Waals surface area contributed by atoms with Gasteiger partial charge in [-0.1, -0.05) is 39.8 Å². The van der Waals surface area contributed by atoms with Crippen LogP contribution in [0, 0.1) is 10.1 Å². The summed E-state index contributed by atoms with van der Waals surface area (Å²) in [6.07, 6.45) is 7.77. The molecule has 0 aliphatic carbocycles. The van der Waals surface area contributed by atoms with Crippen molar-refractivity contribution < 1.29 is 9.72 Å². The number of hydrazone groups is 1. The molecule has 2 heterocycles. The summed E-state index contributed by atoms with van der Waals surface area (Å²) in [6, 6.07) is 17.7. The number of allylic oxidation sites excluding steroid dienone is 1. The first kappa shape index (κ1) is 24.9. The van der Waals surface area contributed by atoms with Crippen LogP contribution in [0.15, 0.2) is 93.9 Å². The lowest BCUT2D eigenvalue weighted by Gasteiger charge is -2.10. The van der Waals surface area contributed by atoms with E-state index in [0.29, 0.717) is 16.5 Å². The predicted octanol–water partition coefficient (Wildman–Crippen LogP) is 4.91. The molecule has 0 bridgehead atoms. The molecule has 1 amide bonds. The average Bonchev–Trinajstić information content (AvgIpc) is 3.32. The Labute approximate surface area is 218 Å². The monoisotopic (exact) mass is 563 g/mol. The highest BCUT2D eigenvalue weighted by Gasteiger charge is 2.17. The van der Waals surface area contributed by atoms with E-state index in [2.05, 4.69) is 41.6 Å². The van der Waals surface area contributed by atoms with Crippen LogP contribution in [0.25, 0.3) is 23.2 Å². The molecular formula is C24H18BrN7O3S. The molecule has 2 aromatic carbocycles. The van der Waals surface area contributed by atoms with E-state index in [4.69, 9.17) is 0 Å². The third kappa shape index (κ3) is 6.29. The van der Waals surface area contributed by atoms with Gasteiger partial charge in [0.25, 0.3) is 11.6 Å². The SMILES string of the molecule is O=C(CSc1nnc(-c2ccncc2)n1-c1ccc(Br)cc1)N/N=C/C=C/c1ccccc1[N+](=O)[O-]. The summed E-state index contributed by atoms with van der Waals surface area (Å²) in [7, 11) is 0. The lowest BCUT2D eigenvalue weighted by atomic mass is 10.2. The lowest BCUT2D eigenvalue weighted by molar-refractivity contribution is -0.385. The van der Waals surface area contributed by atoms with Crippen molar-refractivity contribution in [2.75, 3.05) is 5.75 Å². The molecule has 2 aromatic heterocycles. The quantitative estimate of drug-likeness (QED) is 0.132. The Morgan fingerprint density at radius 1 is 1.11 bits per heavy atom. The first-order valence-corrected chi connectivity index (χ1v) is 12.3. The number of nitrogens with one attached hydrogen (secondary N) is 1. The van der Waals surface area contributed by atoms with Gasteiger partial charge in [0.1, 0.15) is 0 Å². The fraction of sp³-hybridized carbons (Fsp3) is 0.0417.